The minimum absolute atomic E-state index is 0.0370. The third-order valence-electron chi connectivity index (χ3n) is 19.6. The minimum Gasteiger partial charge on any atom is -0.380 e. The molecular formula is C102H204N4O34. The van der Waals surface area contributed by atoms with Crippen LogP contribution in [0.3, 0.4) is 0 Å². The quantitative estimate of drug-likeness (QED) is 0.0511. The van der Waals surface area contributed by atoms with Crippen molar-refractivity contribution >= 4 is 34.9 Å². The number of carbonyl (C=O) groups is 6. The highest BCUT2D eigenvalue weighted by molar-refractivity contribution is 5.77. The van der Waals surface area contributed by atoms with Gasteiger partial charge in [-0.25, -0.2) is 0 Å². The average Bonchev–Trinajstić information content (AvgIpc) is 0.931. The molecule has 0 atom stereocenters. The van der Waals surface area contributed by atoms with E-state index in [1.165, 1.54) is 0 Å². The van der Waals surface area contributed by atoms with Gasteiger partial charge < -0.3 is 162 Å². The van der Waals surface area contributed by atoms with E-state index in [1.807, 2.05) is 27.7 Å². The third-order valence-corrected chi connectivity index (χ3v) is 19.6. The van der Waals surface area contributed by atoms with Crippen molar-refractivity contribution in [3.8, 4) is 0 Å². The molecule has 0 aliphatic carbocycles. The first kappa shape index (κ1) is 143. The molecule has 0 unspecified atom stereocenters. The SMILES string of the molecule is CCCCOCCOCCN(CCOCCCC)C(=O)CCOCCOCCOCCOCC.CCCCOCCOCCN(CCOCCCC)CCOCCOCCOCCOCC.CCOCCOCCOCCOCCC(=O)N(CCOCCCC(C)=O)CCOCCOCCCC(C)=O.CCOCCOCCOCCOCCN(CCOCCCC(C)=O)CCOCCOCCCC(C)=O. The maximum atomic E-state index is 12.7. The second-order valence-electron chi connectivity index (χ2n) is 32.1. The van der Waals surface area contributed by atoms with Gasteiger partial charge in [0.15, 0.2) is 0 Å². The predicted octanol–water partition coefficient (Wildman–Crippen LogP) is 10.2. The van der Waals surface area contributed by atoms with E-state index in [-0.39, 0.29) is 41.4 Å². The van der Waals surface area contributed by atoms with Gasteiger partial charge in [-0.15, -0.1) is 0 Å². The summed E-state index contributed by atoms with van der Waals surface area (Å²) < 4.78 is 154. The standard InChI is InChI=1S/C27H51NO10.C26H51NO9.C25H51NO8.C24H51NO7/c1-4-32-17-18-37-23-24-38-22-20-35-14-9-27(31)28(10-15-33-12-5-7-25(2)29)11-16-36-21-19-34-13-6-8-26(3)30;1-4-30-17-18-35-23-24-36-22-21-34-16-11-27(9-14-31-12-5-7-25(2)28)10-15-33-20-19-32-13-6-8-26(3)29;1-4-7-12-29-15-10-26(11-16-32-21-19-30-13-8-5-2)25(27)9-14-31-20-22-34-24-23-33-18-17-28-6-3;1-4-7-12-27-14-9-25(10-15-29-20-19-28-13-8-5-2)11-16-30-21-22-32-24-23-31-18-17-26-6-3/h4-24H2,1-3H3;4-24H2,1-3H3;4-24H2,1-3H3;4-24H2,1-3H3. The highest BCUT2D eigenvalue weighted by Crippen LogP contribution is 2.05. The topological polar surface area (TPSA) is 374 Å². The fourth-order valence-electron chi connectivity index (χ4n) is 11.5. The first-order chi connectivity index (χ1) is 68.6. The fourth-order valence-corrected chi connectivity index (χ4v) is 11.5. The minimum atomic E-state index is -0.0370. The number of hydrogen-bond donors (Lipinski definition) is 0. The Bertz CT molecular complexity index is 2460. The van der Waals surface area contributed by atoms with Gasteiger partial charge in [-0.3, -0.25) is 19.4 Å². The molecule has 38 nitrogen and oxygen atoms in total. The van der Waals surface area contributed by atoms with Gasteiger partial charge >= 0.3 is 0 Å². The number of unbranched alkanes of at least 4 members (excludes halogenated alkanes) is 4. The third kappa shape index (κ3) is 129. The highest BCUT2D eigenvalue weighted by Gasteiger charge is 2.17. The van der Waals surface area contributed by atoms with Crippen LogP contribution in [0.15, 0.2) is 0 Å². The number of nitrogens with zero attached hydrogens (tertiary/aromatic N) is 4. The van der Waals surface area contributed by atoms with Crippen molar-refractivity contribution in [3.05, 3.63) is 0 Å². The second kappa shape index (κ2) is 128. The summed E-state index contributed by atoms with van der Waals surface area (Å²) in [6, 6.07) is 0. The normalized spacial score (nSPS) is 11.4. The molecule has 0 saturated heterocycles. The summed E-state index contributed by atoms with van der Waals surface area (Å²) in [5, 5.41) is 0. The van der Waals surface area contributed by atoms with Gasteiger partial charge in [-0.1, -0.05) is 53.4 Å². The van der Waals surface area contributed by atoms with Crippen molar-refractivity contribution in [1.29, 1.82) is 0 Å². The van der Waals surface area contributed by atoms with Crippen LogP contribution in [0.2, 0.25) is 0 Å². The van der Waals surface area contributed by atoms with Gasteiger partial charge in [0.1, 0.15) is 23.1 Å². The molecular weight excluding hydrogens is 1830 g/mol. The van der Waals surface area contributed by atoms with Gasteiger partial charge in [-0.05, 0) is 107 Å². The molecule has 140 heavy (non-hydrogen) atoms. The number of Topliss-reactive ketones (excluding diaryl/α,β-unsaturated/α-hetero) is 4. The first-order valence-electron chi connectivity index (χ1n) is 52.8. The Morgan fingerprint density at radius 1 is 0.143 bits per heavy atom. The smallest absolute Gasteiger partial charge is 0.225 e. The zero-order valence-corrected chi connectivity index (χ0v) is 90.1. The molecule has 38 heteroatoms. The molecule has 0 heterocycles. The lowest BCUT2D eigenvalue weighted by molar-refractivity contribution is -0.135. The highest BCUT2D eigenvalue weighted by atomic mass is 16.6. The van der Waals surface area contributed by atoms with Gasteiger partial charge in [0.05, 0.1) is 304 Å². The molecule has 0 aliphatic rings. The molecule has 0 bridgehead atoms. The van der Waals surface area contributed by atoms with Crippen LogP contribution in [-0.4, -0.2) is 490 Å². The summed E-state index contributed by atoms with van der Waals surface area (Å²) in [6.07, 6.45) is 14.5. The Kier molecular flexibility index (Phi) is 130. The van der Waals surface area contributed by atoms with Crippen LogP contribution < -0.4 is 0 Å². The van der Waals surface area contributed by atoms with E-state index in [4.69, 9.17) is 133 Å². The number of ether oxygens (including phenoxy) is 28. The molecule has 836 valence electrons. The molecule has 0 saturated carbocycles. The molecule has 0 radical (unpaired) electrons. The zero-order chi connectivity index (χ0) is 103. The summed E-state index contributed by atoms with van der Waals surface area (Å²) >= 11 is 0. The molecule has 0 spiro atoms. The van der Waals surface area contributed by atoms with Gasteiger partial charge in [0.2, 0.25) is 11.8 Å². The number of amides is 2. The van der Waals surface area contributed by atoms with E-state index in [0.717, 1.165) is 143 Å². The summed E-state index contributed by atoms with van der Waals surface area (Å²) in [4.78, 5) is 77.3. The van der Waals surface area contributed by atoms with E-state index in [0.29, 0.717) is 401 Å². The second-order valence-corrected chi connectivity index (χ2v) is 32.1. The summed E-state index contributed by atoms with van der Waals surface area (Å²) in [7, 11) is 0. The molecule has 0 aromatic rings. The Labute approximate surface area is 846 Å². The number of ketones is 4. The van der Waals surface area contributed by atoms with Gasteiger partial charge in [0.25, 0.3) is 0 Å². The van der Waals surface area contributed by atoms with E-state index >= 15 is 0 Å². The predicted molar refractivity (Wildman–Crippen MR) is 540 cm³/mol. The van der Waals surface area contributed by atoms with E-state index in [2.05, 4.69) is 37.5 Å². The molecule has 0 rings (SSSR count). The lowest BCUT2D eigenvalue weighted by Crippen LogP contribution is -2.37. The van der Waals surface area contributed by atoms with Crippen LogP contribution in [0.5, 0.6) is 0 Å². The Balaban J connectivity index is -0.000000882. The molecule has 0 aromatic carbocycles. The van der Waals surface area contributed by atoms with Crippen LogP contribution in [0.25, 0.3) is 0 Å². The molecule has 0 fully saturated rings. The Morgan fingerprint density at radius 2 is 0.271 bits per heavy atom. The van der Waals surface area contributed by atoms with E-state index < -0.39 is 0 Å². The first-order valence-corrected chi connectivity index (χ1v) is 52.8. The number of carbonyl (C=O) groups excluding carboxylic acids is 6. The summed E-state index contributed by atoms with van der Waals surface area (Å²) in [5.74, 6) is 0.687. The molecule has 0 N–H and O–H groups in total. The van der Waals surface area contributed by atoms with Crippen molar-refractivity contribution in [2.24, 2.45) is 0 Å². The largest absolute Gasteiger partial charge is 0.380 e. The van der Waals surface area contributed by atoms with Crippen molar-refractivity contribution in [2.75, 3.05) is 435 Å². The monoisotopic (exact) mass is 2030 g/mol. The van der Waals surface area contributed by atoms with Gasteiger partial charge in [0, 0.05) is 170 Å². The van der Waals surface area contributed by atoms with Crippen LogP contribution in [0.4, 0.5) is 0 Å². The van der Waals surface area contributed by atoms with Gasteiger partial charge in [-0.2, -0.15) is 0 Å². The van der Waals surface area contributed by atoms with Crippen LogP contribution in [0, 0.1) is 0 Å². The fraction of sp³-hybridized carbons (Fsp3) is 0.941. The lowest BCUT2D eigenvalue weighted by atomic mass is 10.2. The number of hydrogen-bond acceptors (Lipinski definition) is 36. The Hall–Kier alpha value is -3.58. The van der Waals surface area contributed by atoms with Crippen LogP contribution in [0.1, 0.15) is 199 Å². The molecule has 0 aromatic heterocycles. The lowest BCUT2D eigenvalue weighted by Gasteiger charge is -2.23. The van der Waals surface area contributed by atoms with E-state index in [1.54, 1.807) is 37.5 Å². The Morgan fingerprint density at radius 3 is 0.429 bits per heavy atom. The summed E-state index contributed by atoms with van der Waals surface area (Å²) in [6.45, 7) is 61.6. The van der Waals surface area contributed by atoms with Crippen molar-refractivity contribution in [2.45, 2.75) is 199 Å². The molecule has 0 aliphatic heterocycles. The zero-order valence-electron chi connectivity index (χ0n) is 90.1. The number of rotatable bonds is 116. The summed E-state index contributed by atoms with van der Waals surface area (Å²) in [5.41, 5.74) is 0. The van der Waals surface area contributed by atoms with Crippen molar-refractivity contribution in [1.82, 2.24) is 19.6 Å². The maximum Gasteiger partial charge on any atom is 0.225 e. The van der Waals surface area contributed by atoms with E-state index in [9.17, 15) is 28.8 Å². The van der Waals surface area contributed by atoms with Crippen molar-refractivity contribution < 1.29 is 161 Å². The molecule has 2 amide bonds. The maximum absolute atomic E-state index is 12.7. The average molecular weight is 2030 g/mol. The van der Waals surface area contributed by atoms with Crippen LogP contribution in [-0.2, 0) is 161 Å². The van der Waals surface area contributed by atoms with Crippen LogP contribution >= 0.6 is 0 Å². The van der Waals surface area contributed by atoms with Crippen molar-refractivity contribution in [3.63, 3.8) is 0 Å².